The molecule has 0 nitrogen and oxygen atoms in total. The molecule has 0 amide bonds. The average molecular weight is 179 g/mol. The maximum Gasteiger partial charge on any atom is -0.172 e. The van der Waals surface area contributed by atoms with E-state index >= 15 is 0 Å². The first-order valence-electron chi connectivity index (χ1n) is 3.33. The molecule has 1 heteroatoms. The van der Waals surface area contributed by atoms with E-state index in [9.17, 15) is 0 Å². The van der Waals surface area contributed by atoms with Crippen LogP contribution in [0.1, 0.15) is 0 Å². The van der Waals surface area contributed by atoms with Gasteiger partial charge < -0.3 is 0 Å². The SMILES string of the molecule is [TiH+].c1cc[cH-]c1.c1cc[cH-]c1. The minimum atomic E-state index is 0. The van der Waals surface area contributed by atoms with Crippen LogP contribution in [0.15, 0.2) is 60.7 Å². The van der Waals surface area contributed by atoms with E-state index in [1.165, 1.54) is 0 Å². The second kappa shape index (κ2) is 7.52. The molecule has 0 unspecified atom stereocenters. The molecule has 0 spiro atoms. The van der Waals surface area contributed by atoms with Crippen LogP contribution < -0.4 is 0 Å². The monoisotopic (exact) mass is 179 g/mol. The summed E-state index contributed by atoms with van der Waals surface area (Å²) in [5.74, 6) is 0. The fraction of sp³-hybridized carbons (Fsp3) is 0. The Morgan fingerprint density at radius 1 is 0.545 bits per heavy atom. The molecule has 2 aromatic rings. The first kappa shape index (κ1) is 10.4. The molecule has 0 saturated carbocycles. The second-order valence-corrected chi connectivity index (χ2v) is 1.92. The van der Waals surface area contributed by atoms with Gasteiger partial charge in [-0.05, 0) is 0 Å². The molecule has 0 aliphatic rings. The van der Waals surface area contributed by atoms with Crippen LogP contribution in [0, 0.1) is 0 Å². The van der Waals surface area contributed by atoms with Crippen LogP contribution >= 0.6 is 0 Å². The van der Waals surface area contributed by atoms with Crippen molar-refractivity contribution >= 4 is 0 Å². The summed E-state index contributed by atoms with van der Waals surface area (Å²) in [5, 5.41) is 0. The number of rotatable bonds is 0. The van der Waals surface area contributed by atoms with Crippen LogP contribution in [0.5, 0.6) is 0 Å². The summed E-state index contributed by atoms with van der Waals surface area (Å²) in [5.41, 5.74) is 0. The minimum Gasteiger partial charge on any atom is -0.214 e. The molecule has 0 saturated heterocycles. The predicted octanol–water partition coefficient (Wildman–Crippen LogP) is 2.54. The van der Waals surface area contributed by atoms with E-state index < -0.39 is 0 Å². The van der Waals surface area contributed by atoms with E-state index in [4.69, 9.17) is 0 Å². The normalized spacial score (nSPS) is 7.27. The van der Waals surface area contributed by atoms with Gasteiger partial charge in [-0.15, -0.1) is 0 Å². The third-order valence-corrected chi connectivity index (χ3v) is 1.11. The van der Waals surface area contributed by atoms with Crippen LogP contribution in [0.4, 0.5) is 0 Å². The zero-order chi connectivity index (χ0) is 7.07. The van der Waals surface area contributed by atoms with Gasteiger partial charge in [-0.25, -0.2) is 24.3 Å². The molecule has 1 radical (unpaired) electrons. The first-order chi connectivity index (χ1) is 5.00. The fourth-order valence-corrected chi connectivity index (χ4v) is 0.642. The van der Waals surface area contributed by atoms with E-state index in [1.807, 2.05) is 60.7 Å². The van der Waals surface area contributed by atoms with Gasteiger partial charge in [0.15, 0.2) is 0 Å². The summed E-state index contributed by atoms with van der Waals surface area (Å²) in [7, 11) is 0. The Hall–Kier alpha value is -0.586. The molecule has 0 aliphatic heterocycles. The van der Waals surface area contributed by atoms with Crippen LogP contribution in [0.3, 0.4) is 0 Å². The van der Waals surface area contributed by atoms with Crippen LogP contribution in [-0.2, 0) is 21.7 Å². The Morgan fingerprint density at radius 3 is 0.909 bits per heavy atom. The van der Waals surface area contributed by atoms with Gasteiger partial charge in [0.2, 0.25) is 0 Å². The fourth-order valence-electron chi connectivity index (χ4n) is 0.642. The van der Waals surface area contributed by atoms with Crippen LogP contribution in [0.2, 0.25) is 0 Å². The van der Waals surface area contributed by atoms with Crippen molar-refractivity contribution in [3.63, 3.8) is 0 Å². The Balaban J connectivity index is 0.000000167. The van der Waals surface area contributed by atoms with E-state index in [0.717, 1.165) is 0 Å². The molecular weight excluding hydrogens is 168 g/mol. The van der Waals surface area contributed by atoms with Gasteiger partial charge in [-0.2, -0.15) is 36.4 Å². The molecule has 0 atom stereocenters. The van der Waals surface area contributed by atoms with Gasteiger partial charge in [0.05, 0.1) is 0 Å². The standard InChI is InChI=1S/2C5H5.Ti.H/c2*1-2-4-5-3-1;;/h2*1-5H;;/q2*-1;+1;. The van der Waals surface area contributed by atoms with E-state index in [0.29, 0.717) is 0 Å². The van der Waals surface area contributed by atoms with Gasteiger partial charge in [0.1, 0.15) is 0 Å². The topological polar surface area (TPSA) is 0 Å². The molecule has 0 N–H and O–H groups in total. The van der Waals surface area contributed by atoms with Gasteiger partial charge in [0, 0.05) is 0 Å². The van der Waals surface area contributed by atoms with Gasteiger partial charge in [0.25, 0.3) is 0 Å². The van der Waals surface area contributed by atoms with Crippen molar-refractivity contribution in [2.75, 3.05) is 0 Å². The van der Waals surface area contributed by atoms with Crippen molar-refractivity contribution in [3.05, 3.63) is 60.7 Å². The quantitative estimate of drug-likeness (QED) is 0.430. The largest absolute Gasteiger partial charge is 0.214 e. The maximum absolute atomic E-state index is 2.00. The molecule has 11 heavy (non-hydrogen) atoms. The van der Waals surface area contributed by atoms with E-state index in [-0.39, 0.29) is 21.7 Å². The van der Waals surface area contributed by atoms with Crippen LogP contribution in [-0.4, -0.2) is 0 Å². The Bertz CT molecular complexity index is 144. The van der Waals surface area contributed by atoms with Gasteiger partial charge in [-0.3, -0.25) is 0 Å². The average Bonchev–Trinajstić information content (AvgIpc) is 2.67. The first-order valence-corrected chi connectivity index (χ1v) is 3.33. The summed E-state index contributed by atoms with van der Waals surface area (Å²) in [6, 6.07) is 20.0. The van der Waals surface area contributed by atoms with E-state index in [2.05, 4.69) is 0 Å². The minimum absolute atomic E-state index is 0. The molecule has 0 aliphatic carbocycles. The van der Waals surface area contributed by atoms with Crippen molar-refractivity contribution in [2.24, 2.45) is 0 Å². The van der Waals surface area contributed by atoms with Crippen molar-refractivity contribution in [1.29, 1.82) is 0 Å². The molecule has 2 rings (SSSR count). The Labute approximate surface area is 82.5 Å². The zero-order valence-electron chi connectivity index (χ0n) is 6.35. The summed E-state index contributed by atoms with van der Waals surface area (Å²) in [6.07, 6.45) is 0. The molecule has 56 valence electrons. The molecule has 0 heterocycles. The second-order valence-electron chi connectivity index (χ2n) is 1.92. The number of hydrogen-bond donors (Lipinski definition) is 0. The summed E-state index contributed by atoms with van der Waals surface area (Å²) in [4.78, 5) is 0. The molecular formula is C10H11Ti-. The van der Waals surface area contributed by atoms with Crippen molar-refractivity contribution in [3.8, 4) is 0 Å². The molecule has 0 bridgehead atoms. The third-order valence-electron chi connectivity index (χ3n) is 1.11. The summed E-state index contributed by atoms with van der Waals surface area (Å²) in [6.45, 7) is 0. The molecule has 0 fully saturated rings. The van der Waals surface area contributed by atoms with Crippen molar-refractivity contribution < 1.29 is 21.7 Å². The van der Waals surface area contributed by atoms with Crippen molar-refractivity contribution in [2.45, 2.75) is 0 Å². The maximum atomic E-state index is 2.00. The molecule has 0 aromatic heterocycles. The van der Waals surface area contributed by atoms with Crippen molar-refractivity contribution in [1.82, 2.24) is 0 Å². The third kappa shape index (κ3) is 5.84. The predicted molar refractivity (Wildman–Crippen MR) is 45.5 cm³/mol. The Morgan fingerprint density at radius 2 is 0.818 bits per heavy atom. The molecule has 2 aromatic carbocycles. The summed E-state index contributed by atoms with van der Waals surface area (Å²) < 4.78 is 0. The van der Waals surface area contributed by atoms with Crippen LogP contribution in [0.25, 0.3) is 0 Å². The smallest absolute Gasteiger partial charge is 0.172 e. The van der Waals surface area contributed by atoms with Gasteiger partial charge >= 0.3 is 21.7 Å². The number of hydrogen-bond acceptors (Lipinski definition) is 0. The Kier molecular flexibility index (Phi) is 7.12. The van der Waals surface area contributed by atoms with Gasteiger partial charge in [-0.1, -0.05) is 0 Å². The van der Waals surface area contributed by atoms with E-state index in [1.54, 1.807) is 0 Å². The summed E-state index contributed by atoms with van der Waals surface area (Å²) >= 11 is 0. The zero-order valence-corrected chi connectivity index (χ0v) is 8.15.